The number of ether oxygens (including phenoxy) is 2. The van der Waals surface area contributed by atoms with Gasteiger partial charge in [-0.15, -0.1) is 0 Å². The lowest BCUT2D eigenvalue weighted by atomic mass is 10.00. The van der Waals surface area contributed by atoms with Crippen LogP contribution in [-0.2, 0) is 9.47 Å². The molecular weight excluding hydrogens is 164 g/mol. The Labute approximate surface area is 77.8 Å². The molecule has 1 aromatic carbocycles. The zero-order chi connectivity index (χ0) is 9.10. The summed E-state index contributed by atoms with van der Waals surface area (Å²) in [5.74, 6) is 0.228. The molecule has 0 bridgehead atoms. The number of benzene rings is 1. The summed E-state index contributed by atoms with van der Waals surface area (Å²) in [7, 11) is 1.66. The molecule has 1 heterocycles. The van der Waals surface area contributed by atoms with Crippen molar-refractivity contribution in [3.63, 3.8) is 0 Å². The first kappa shape index (κ1) is 8.32. The normalized spacial score (nSPS) is 25.9. The fraction of sp³-hybridized carbons (Fsp3) is 0.273. The van der Waals surface area contributed by atoms with Crippen LogP contribution in [0.25, 0.3) is 0 Å². The van der Waals surface area contributed by atoms with E-state index in [2.05, 4.69) is 12.1 Å². The molecule has 0 aliphatic carbocycles. The third-order valence-electron chi connectivity index (χ3n) is 2.21. The van der Waals surface area contributed by atoms with E-state index in [1.807, 2.05) is 24.3 Å². The summed E-state index contributed by atoms with van der Waals surface area (Å²) in [4.78, 5) is 0. The molecule has 0 aromatic heterocycles. The van der Waals surface area contributed by atoms with Crippen LogP contribution in [0.15, 0.2) is 42.7 Å². The van der Waals surface area contributed by atoms with Crippen LogP contribution >= 0.6 is 0 Å². The predicted octanol–water partition coefficient (Wildman–Crippen LogP) is 2.29. The third-order valence-corrected chi connectivity index (χ3v) is 2.21. The van der Waals surface area contributed by atoms with Gasteiger partial charge in [0.2, 0.25) is 6.29 Å². The SMILES string of the molecule is CO[C@@H]1OC=C[C@H]1c1ccccc1. The maximum absolute atomic E-state index is 5.27. The number of hydrogen-bond donors (Lipinski definition) is 0. The second-order valence-corrected chi connectivity index (χ2v) is 3.01. The molecule has 2 rings (SSSR count). The Bertz CT molecular complexity index is 292. The maximum atomic E-state index is 5.27. The van der Waals surface area contributed by atoms with Crippen LogP contribution in [0.1, 0.15) is 11.5 Å². The summed E-state index contributed by atoms with van der Waals surface area (Å²) >= 11 is 0. The van der Waals surface area contributed by atoms with E-state index < -0.39 is 0 Å². The molecule has 13 heavy (non-hydrogen) atoms. The predicted molar refractivity (Wildman–Crippen MR) is 50.2 cm³/mol. The zero-order valence-corrected chi connectivity index (χ0v) is 7.51. The molecule has 0 radical (unpaired) electrons. The summed E-state index contributed by atoms with van der Waals surface area (Å²) in [6.45, 7) is 0. The lowest BCUT2D eigenvalue weighted by Crippen LogP contribution is -2.16. The molecule has 2 atom stereocenters. The molecule has 1 aromatic rings. The Kier molecular flexibility index (Phi) is 2.32. The molecule has 0 saturated heterocycles. The van der Waals surface area contributed by atoms with Gasteiger partial charge in [0.25, 0.3) is 0 Å². The molecule has 2 nitrogen and oxygen atoms in total. The molecule has 0 amide bonds. The quantitative estimate of drug-likeness (QED) is 0.688. The molecule has 0 spiro atoms. The average Bonchev–Trinajstić information content (AvgIpc) is 2.67. The van der Waals surface area contributed by atoms with Gasteiger partial charge >= 0.3 is 0 Å². The first-order valence-corrected chi connectivity index (χ1v) is 4.31. The van der Waals surface area contributed by atoms with E-state index in [1.165, 1.54) is 5.56 Å². The van der Waals surface area contributed by atoms with E-state index in [1.54, 1.807) is 13.4 Å². The molecular formula is C11H12O2. The monoisotopic (exact) mass is 176 g/mol. The summed E-state index contributed by atoms with van der Waals surface area (Å²) in [6, 6.07) is 10.2. The topological polar surface area (TPSA) is 18.5 Å². The largest absolute Gasteiger partial charge is 0.472 e. The summed E-state index contributed by atoms with van der Waals surface area (Å²) in [5.41, 5.74) is 1.23. The van der Waals surface area contributed by atoms with E-state index in [0.29, 0.717) is 0 Å². The highest BCUT2D eigenvalue weighted by Crippen LogP contribution is 2.28. The Morgan fingerprint density at radius 2 is 2.00 bits per heavy atom. The van der Waals surface area contributed by atoms with Crippen LogP contribution in [0, 0.1) is 0 Å². The van der Waals surface area contributed by atoms with Gasteiger partial charge < -0.3 is 9.47 Å². The van der Waals surface area contributed by atoms with Crippen LogP contribution in [0.3, 0.4) is 0 Å². The van der Waals surface area contributed by atoms with Gasteiger partial charge in [-0.3, -0.25) is 0 Å². The summed E-state index contributed by atoms with van der Waals surface area (Å²) < 4.78 is 10.5. The van der Waals surface area contributed by atoms with E-state index in [0.717, 1.165) is 0 Å². The lowest BCUT2D eigenvalue weighted by molar-refractivity contribution is -0.0763. The van der Waals surface area contributed by atoms with Gasteiger partial charge in [0.05, 0.1) is 12.2 Å². The van der Waals surface area contributed by atoms with Crippen molar-refractivity contribution in [2.45, 2.75) is 12.2 Å². The Morgan fingerprint density at radius 1 is 1.23 bits per heavy atom. The molecule has 0 saturated carbocycles. The highest BCUT2D eigenvalue weighted by molar-refractivity contribution is 5.25. The van der Waals surface area contributed by atoms with E-state index in [-0.39, 0.29) is 12.2 Å². The smallest absolute Gasteiger partial charge is 0.209 e. The van der Waals surface area contributed by atoms with Crippen LogP contribution < -0.4 is 0 Å². The van der Waals surface area contributed by atoms with Crippen molar-refractivity contribution < 1.29 is 9.47 Å². The minimum absolute atomic E-state index is 0.164. The van der Waals surface area contributed by atoms with Gasteiger partial charge in [-0.1, -0.05) is 30.3 Å². The van der Waals surface area contributed by atoms with Crippen molar-refractivity contribution in [3.8, 4) is 0 Å². The number of rotatable bonds is 2. The van der Waals surface area contributed by atoms with Crippen LogP contribution in [0.4, 0.5) is 0 Å². The number of hydrogen-bond acceptors (Lipinski definition) is 2. The van der Waals surface area contributed by atoms with Gasteiger partial charge in [-0.2, -0.15) is 0 Å². The average molecular weight is 176 g/mol. The standard InChI is InChI=1S/C11H12O2/c1-12-11-10(7-8-13-11)9-5-3-2-4-6-9/h2-8,10-11H,1H3/t10-,11+/m0/s1. The summed E-state index contributed by atoms with van der Waals surface area (Å²) in [6.07, 6.45) is 3.55. The van der Waals surface area contributed by atoms with E-state index in [4.69, 9.17) is 9.47 Å². The molecule has 0 fully saturated rings. The number of methoxy groups -OCH3 is 1. The van der Waals surface area contributed by atoms with Crippen molar-refractivity contribution in [2.75, 3.05) is 7.11 Å². The minimum Gasteiger partial charge on any atom is -0.472 e. The molecule has 68 valence electrons. The Balaban J connectivity index is 2.21. The minimum atomic E-state index is -0.164. The molecule has 0 unspecified atom stereocenters. The maximum Gasteiger partial charge on any atom is 0.209 e. The Morgan fingerprint density at radius 3 is 2.69 bits per heavy atom. The van der Waals surface area contributed by atoms with E-state index >= 15 is 0 Å². The molecule has 1 aliphatic heterocycles. The highest BCUT2D eigenvalue weighted by atomic mass is 16.7. The van der Waals surface area contributed by atoms with Gasteiger partial charge in [0.1, 0.15) is 0 Å². The highest BCUT2D eigenvalue weighted by Gasteiger charge is 2.25. The fourth-order valence-electron chi connectivity index (χ4n) is 1.53. The molecule has 0 N–H and O–H groups in total. The molecule has 1 aliphatic rings. The van der Waals surface area contributed by atoms with Crippen molar-refractivity contribution in [3.05, 3.63) is 48.2 Å². The van der Waals surface area contributed by atoms with Gasteiger partial charge in [0.15, 0.2) is 0 Å². The van der Waals surface area contributed by atoms with Gasteiger partial charge in [-0.25, -0.2) is 0 Å². The van der Waals surface area contributed by atoms with Crippen molar-refractivity contribution >= 4 is 0 Å². The van der Waals surface area contributed by atoms with Crippen molar-refractivity contribution in [1.29, 1.82) is 0 Å². The van der Waals surface area contributed by atoms with E-state index in [9.17, 15) is 0 Å². The first-order chi connectivity index (χ1) is 6.42. The van der Waals surface area contributed by atoms with Crippen LogP contribution in [0.5, 0.6) is 0 Å². The van der Waals surface area contributed by atoms with Crippen molar-refractivity contribution in [1.82, 2.24) is 0 Å². The molecule has 2 heteroatoms. The zero-order valence-electron chi connectivity index (χ0n) is 7.51. The van der Waals surface area contributed by atoms with Crippen LogP contribution in [-0.4, -0.2) is 13.4 Å². The van der Waals surface area contributed by atoms with Crippen LogP contribution in [0.2, 0.25) is 0 Å². The second-order valence-electron chi connectivity index (χ2n) is 3.01. The third kappa shape index (κ3) is 1.58. The van der Waals surface area contributed by atoms with Gasteiger partial charge in [0, 0.05) is 7.11 Å². The Hall–Kier alpha value is -1.28. The lowest BCUT2D eigenvalue weighted by Gasteiger charge is -2.16. The van der Waals surface area contributed by atoms with Gasteiger partial charge in [-0.05, 0) is 11.6 Å². The summed E-state index contributed by atoms with van der Waals surface area (Å²) in [5, 5.41) is 0. The first-order valence-electron chi connectivity index (χ1n) is 4.31. The second kappa shape index (κ2) is 3.62. The van der Waals surface area contributed by atoms with Crippen molar-refractivity contribution in [2.24, 2.45) is 0 Å². The fourth-order valence-corrected chi connectivity index (χ4v) is 1.53.